The number of carbonyl (C=O) groups is 1. The van der Waals surface area contributed by atoms with Crippen molar-refractivity contribution in [2.24, 2.45) is 0 Å². The van der Waals surface area contributed by atoms with Gasteiger partial charge in [-0.1, -0.05) is 0 Å². The standard InChI is InChI=1S/C14H10F4OS/c15-12-3-2-10(7-11(12)14(16,17)18)13(19)4-1-9-5-6-20-8-9/h2-3,5-8H,1,4H2. The largest absolute Gasteiger partial charge is 0.419 e. The van der Waals surface area contributed by atoms with Crippen molar-refractivity contribution in [3.63, 3.8) is 0 Å². The molecule has 20 heavy (non-hydrogen) atoms. The molecule has 0 saturated carbocycles. The first-order chi connectivity index (χ1) is 9.38. The Morgan fingerprint density at radius 2 is 1.95 bits per heavy atom. The van der Waals surface area contributed by atoms with Crippen LogP contribution in [0.15, 0.2) is 35.0 Å². The van der Waals surface area contributed by atoms with Crippen molar-refractivity contribution in [2.45, 2.75) is 19.0 Å². The number of aryl methyl sites for hydroxylation is 1. The third-order valence-electron chi connectivity index (χ3n) is 2.81. The minimum absolute atomic E-state index is 0.0969. The normalized spacial score (nSPS) is 11.6. The van der Waals surface area contributed by atoms with Crippen LogP contribution in [0.25, 0.3) is 0 Å². The van der Waals surface area contributed by atoms with Crippen molar-refractivity contribution in [1.29, 1.82) is 0 Å². The van der Waals surface area contributed by atoms with Crippen LogP contribution in [0.2, 0.25) is 0 Å². The molecule has 0 amide bonds. The highest BCUT2D eigenvalue weighted by Crippen LogP contribution is 2.32. The van der Waals surface area contributed by atoms with Gasteiger partial charge < -0.3 is 0 Å². The number of alkyl halides is 3. The number of carbonyl (C=O) groups excluding carboxylic acids is 1. The molecule has 6 heteroatoms. The molecule has 0 aliphatic rings. The van der Waals surface area contributed by atoms with Crippen LogP contribution in [0.4, 0.5) is 17.6 Å². The molecule has 0 bridgehead atoms. The lowest BCUT2D eigenvalue weighted by Crippen LogP contribution is -2.10. The number of ketones is 1. The van der Waals surface area contributed by atoms with Gasteiger partial charge in [0, 0.05) is 12.0 Å². The molecule has 0 unspecified atom stereocenters. The van der Waals surface area contributed by atoms with E-state index in [-0.39, 0.29) is 12.0 Å². The van der Waals surface area contributed by atoms with Gasteiger partial charge in [-0.25, -0.2) is 4.39 Å². The smallest absolute Gasteiger partial charge is 0.294 e. The van der Waals surface area contributed by atoms with Crippen molar-refractivity contribution >= 4 is 17.1 Å². The van der Waals surface area contributed by atoms with E-state index in [1.54, 1.807) is 0 Å². The molecule has 0 N–H and O–H groups in total. The van der Waals surface area contributed by atoms with E-state index in [4.69, 9.17) is 0 Å². The van der Waals surface area contributed by atoms with Crippen molar-refractivity contribution in [3.05, 3.63) is 57.5 Å². The summed E-state index contributed by atoms with van der Waals surface area (Å²) >= 11 is 1.49. The van der Waals surface area contributed by atoms with Gasteiger partial charge in [-0.3, -0.25) is 4.79 Å². The molecule has 106 valence electrons. The molecule has 0 aliphatic heterocycles. The Hall–Kier alpha value is -1.69. The fourth-order valence-corrected chi connectivity index (χ4v) is 2.46. The highest BCUT2D eigenvalue weighted by molar-refractivity contribution is 7.07. The summed E-state index contributed by atoms with van der Waals surface area (Å²) in [6.07, 6.45) is -4.24. The first kappa shape index (κ1) is 14.7. The fourth-order valence-electron chi connectivity index (χ4n) is 1.75. The number of rotatable bonds is 4. The maximum Gasteiger partial charge on any atom is 0.419 e. The first-order valence-electron chi connectivity index (χ1n) is 5.79. The Labute approximate surface area is 116 Å². The zero-order valence-electron chi connectivity index (χ0n) is 10.2. The van der Waals surface area contributed by atoms with Crippen molar-refractivity contribution in [3.8, 4) is 0 Å². The molecule has 1 nitrogen and oxygen atoms in total. The molecular weight excluding hydrogens is 292 g/mol. The lowest BCUT2D eigenvalue weighted by atomic mass is 10.0. The van der Waals surface area contributed by atoms with Crippen LogP contribution < -0.4 is 0 Å². The second-order valence-electron chi connectivity index (χ2n) is 4.25. The Balaban J connectivity index is 2.14. The zero-order chi connectivity index (χ0) is 14.8. The molecule has 0 atom stereocenters. The molecule has 0 aliphatic carbocycles. The van der Waals surface area contributed by atoms with Crippen LogP contribution >= 0.6 is 11.3 Å². The van der Waals surface area contributed by atoms with E-state index < -0.39 is 23.3 Å². The summed E-state index contributed by atoms with van der Waals surface area (Å²) in [6.45, 7) is 0. The van der Waals surface area contributed by atoms with Gasteiger partial charge in [0.2, 0.25) is 0 Å². The van der Waals surface area contributed by atoms with E-state index in [1.807, 2.05) is 16.8 Å². The van der Waals surface area contributed by atoms with Crippen molar-refractivity contribution in [1.82, 2.24) is 0 Å². The molecule has 1 heterocycles. The molecular formula is C14H10F4OS. The molecule has 2 aromatic rings. The number of hydrogen-bond donors (Lipinski definition) is 0. The van der Waals surface area contributed by atoms with Gasteiger partial charge in [-0.15, -0.1) is 0 Å². The number of Topliss-reactive ketones (excluding diaryl/α,β-unsaturated/α-hetero) is 1. The second kappa shape index (κ2) is 5.75. The number of halogens is 4. The summed E-state index contributed by atoms with van der Waals surface area (Å²) in [5.41, 5.74) is -0.561. The van der Waals surface area contributed by atoms with E-state index in [0.29, 0.717) is 18.6 Å². The molecule has 0 radical (unpaired) electrons. The molecule has 0 fully saturated rings. The van der Waals surface area contributed by atoms with Crippen LogP contribution in [0.5, 0.6) is 0 Å². The highest BCUT2D eigenvalue weighted by Gasteiger charge is 2.34. The number of thiophene rings is 1. The van der Waals surface area contributed by atoms with Crippen LogP contribution in [0.1, 0.15) is 27.9 Å². The maximum atomic E-state index is 13.1. The Bertz CT molecular complexity index is 602. The van der Waals surface area contributed by atoms with Crippen LogP contribution in [0, 0.1) is 5.82 Å². The summed E-state index contributed by atoms with van der Waals surface area (Å²) in [4.78, 5) is 11.8. The summed E-state index contributed by atoms with van der Waals surface area (Å²) in [5.74, 6) is -1.80. The van der Waals surface area contributed by atoms with Crippen molar-refractivity contribution in [2.75, 3.05) is 0 Å². The lowest BCUT2D eigenvalue weighted by molar-refractivity contribution is -0.140. The van der Waals surface area contributed by atoms with Crippen LogP contribution in [-0.4, -0.2) is 5.78 Å². The van der Waals surface area contributed by atoms with E-state index in [1.165, 1.54) is 11.3 Å². The number of benzene rings is 1. The first-order valence-corrected chi connectivity index (χ1v) is 6.73. The minimum atomic E-state index is -4.80. The molecule has 0 spiro atoms. The van der Waals surface area contributed by atoms with Gasteiger partial charge in [0.05, 0.1) is 5.56 Å². The van der Waals surface area contributed by atoms with Gasteiger partial charge >= 0.3 is 6.18 Å². The van der Waals surface area contributed by atoms with Gasteiger partial charge in [-0.2, -0.15) is 24.5 Å². The topological polar surface area (TPSA) is 17.1 Å². The SMILES string of the molecule is O=C(CCc1ccsc1)c1ccc(F)c(C(F)(F)F)c1. The Kier molecular flexibility index (Phi) is 4.23. The maximum absolute atomic E-state index is 13.1. The monoisotopic (exact) mass is 302 g/mol. The van der Waals surface area contributed by atoms with E-state index >= 15 is 0 Å². The highest BCUT2D eigenvalue weighted by atomic mass is 32.1. The lowest BCUT2D eigenvalue weighted by Gasteiger charge is -2.09. The Morgan fingerprint density at radius 3 is 2.55 bits per heavy atom. The molecule has 1 aromatic carbocycles. The average molecular weight is 302 g/mol. The van der Waals surface area contributed by atoms with Gasteiger partial charge in [0.15, 0.2) is 5.78 Å². The summed E-state index contributed by atoms with van der Waals surface area (Å²) < 4.78 is 50.8. The predicted octanol–water partition coefficient (Wildman–Crippen LogP) is 4.72. The summed E-state index contributed by atoms with van der Waals surface area (Å²) in [7, 11) is 0. The molecule has 1 aromatic heterocycles. The zero-order valence-corrected chi connectivity index (χ0v) is 11.0. The van der Waals surface area contributed by atoms with E-state index in [2.05, 4.69) is 0 Å². The van der Waals surface area contributed by atoms with Crippen molar-refractivity contribution < 1.29 is 22.4 Å². The van der Waals surface area contributed by atoms with Gasteiger partial charge in [-0.05, 0) is 47.0 Å². The average Bonchev–Trinajstić information content (AvgIpc) is 2.88. The van der Waals surface area contributed by atoms with Gasteiger partial charge in [0.1, 0.15) is 5.82 Å². The van der Waals surface area contributed by atoms with Crippen LogP contribution in [0.3, 0.4) is 0 Å². The predicted molar refractivity (Wildman–Crippen MR) is 68.4 cm³/mol. The van der Waals surface area contributed by atoms with Crippen LogP contribution in [-0.2, 0) is 12.6 Å². The van der Waals surface area contributed by atoms with Gasteiger partial charge in [0.25, 0.3) is 0 Å². The minimum Gasteiger partial charge on any atom is -0.294 e. The quantitative estimate of drug-likeness (QED) is 0.590. The fraction of sp³-hybridized carbons (Fsp3) is 0.214. The second-order valence-corrected chi connectivity index (χ2v) is 5.03. The third-order valence-corrected chi connectivity index (χ3v) is 3.55. The van der Waals surface area contributed by atoms with E-state index in [0.717, 1.165) is 11.6 Å². The summed E-state index contributed by atoms with van der Waals surface area (Å²) in [5, 5.41) is 3.73. The summed E-state index contributed by atoms with van der Waals surface area (Å²) in [6, 6.07) is 4.19. The third kappa shape index (κ3) is 3.45. The molecule has 0 saturated heterocycles. The number of hydrogen-bond acceptors (Lipinski definition) is 2. The van der Waals surface area contributed by atoms with E-state index in [9.17, 15) is 22.4 Å². The Morgan fingerprint density at radius 1 is 1.20 bits per heavy atom. The molecule has 2 rings (SSSR count).